The molecule has 0 radical (unpaired) electrons. The van der Waals surface area contributed by atoms with E-state index >= 15 is 0 Å². The molecular formula is C26H22F3N3O. The SMILES string of the molecule is CN1CCc2c([nH]c3ccccc23)C1c1ccc(NC(=O)c2cccc(C(F)(F)F)c2)cc1. The highest BCUT2D eigenvalue weighted by Gasteiger charge is 2.31. The predicted molar refractivity (Wildman–Crippen MR) is 122 cm³/mol. The van der Waals surface area contributed by atoms with Crippen LogP contribution in [0.2, 0.25) is 0 Å². The number of nitrogens with one attached hydrogen (secondary N) is 2. The number of para-hydroxylation sites is 1. The second-order valence-electron chi connectivity index (χ2n) is 8.35. The van der Waals surface area contributed by atoms with Gasteiger partial charge in [0.15, 0.2) is 0 Å². The van der Waals surface area contributed by atoms with E-state index < -0.39 is 17.6 Å². The van der Waals surface area contributed by atoms with Gasteiger partial charge in [0.1, 0.15) is 0 Å². The van der Waals surface area contributed by atoms with Crippen molar-refractivity contribution in [2.75, 3.05) is 18.9 Å². The van der Waals surface area contributed by atoms with Crippen LogP contribution in [0.4, 0.5) is 18.9 Å². The molecule has 1 aliphatic rings. The van der Waals surface area contributed by atoms with Crippen molar-refractivity contribution < 1.29 is 18.0 Å². The first-order valence-electron chi connectivity index (χ1n) is 10.7. The van der Waals surface area contributed by atoms with Gasteiger partial charge in [-0.05, 0) is 61.0 Å². The quantitative estimate of drug-likeness (QED) is 0.402. The number of H-pyrrole nitrogens is 1. The molecule has 0 saturated heterocycles. The van der Waals surface area contributed by atoms with Gasteiger partial charge in [-0.3, -0.25) is 9.69 Å². The van der Waals surface area contributed by atoms with Gasteiger partial charge in [0.2, 0.25) is 0 Å². The highest BCUT2D eigenvalue weighted by Crippen LogP contribution is 2.37. The molecular weight excluding hydrogens is 427 g/mol. The lowest BCUT2D eigenvalue weighted by Gasteiger charge is -2.33. The molecule has 168 valence electrons. The number of carbonyl (C=O) groups excluding carboxylic acids is 1. The summed E-state index contributed by atoms with van der Waals surface area (Å²) in [5.74, 6) is -0.582. The Morgan fingerprint density at radius 1 is 1.03 bits per heavy atom. The van der Waals surface area contributed by atoms with Crippen LogP contribution in [0.1, 0.15) is 38.8 Å². The number of hydrogen-bond acceptors (Lipinski definition) is 2. The normalized spacial score (nSPS) is 16.5. The van der Waals surface area contributed by atoms with Crippen molar-refractivity contribution in [3.05, 3.63) is 101 Å². The monoisotopic (exact) mass is 449 g/mol. The molecule has 0 bridgehead atoms. The molecule has 33 heavy (non-hydrogen) atoms. The van der Waals surface area contributed by atoms with Crippen LogP contribution in [0, 0.1) is 0 Å². The summed E-state index contributed by atoms with van der Waals surface area (Å²) < 4.78 is 38.8. The van der Waals surface area contributed by atoms with Gasteiger partial charge in [-0.15, -0.1) is 0 Å². The van der Waals surface area contributed by atoms with Crippen LogP contribution >= 0.6 is 0 Å². The lowest BCUT2D eigenvalue weighted by atomic mass is 9.93. The lowest BCUT2D eigenvalue weighted by molar-refractivity contribution is -0.137. The molecule has 0 fully saturated rings. The number of fused-ring (bicyclic) bond motifs is 3. The molecule has 4 aromatic rings. The van der Waals surface area contributed by atoms with E-state index in [0.717, 1.165) is 36.2 Å². The second-order valence-corrected chi connectivity index (χ2v) is 8.35. The van der Waals surface area contributed by atoms with E-state index in [0.29, 0.717) is 5.69 Å². The standard InChI is InChI=1S/C26H22F3N3O/c1-32-14-13-21-20-7-2-3-8-22(20)31-23(21)24(32)16-9-11-19(12-10-16)30-25(33)17-5-4-6-18(15-17)26(27,28)29/h2-12,15,24,31H,13-14H2,1H3,(H,30,33). The van der Waals surface area contributed by atoms with Gasteiger partial charge in [-0.1, -0.05) is 36.4 Å². The van der Waals surface area contributed by atoms with E-state index in [9.17, 15) is 18.0 Å². The molecule has 1 atom stereocenters. The number of carbonyl (C=O) groups is 1. The van der Waals surface area contributed by atoms with Crippen LogP contribution < -0.4 is 5.32 Å². The summed E-state index contributed by atoms with van der Waals surface area (Å²) in [7, 11) is 2.09. The van der Waals surface area contributed by atoms with Gasteiger partial charge in [-0.25, -0.2) is 0 Å². The summed E-state index contributed by atoms with van der Waals surface area (Å²) in [4.78, 5) is 18.4. The summed E-state index contributed by atoms with van der Waals surface area (Å²) in [5, 5.41) is 3.94. The molecule has 2 N–H and O–H groups in total. The number of benzene rings is 3. The third kappa shape index (κ3) is 4.00. The number of rotatable bonds is 3. The molecule has 1 aliphatic heterocycles. The van der Waals surface area contributed by atoms with Gasteiger partial charge >= 0.3 is 6.18 Å². The van der Waals surface area contributed by atoms with E-state index in [2.05, 4.69) is 34.4 Å². The van der Waals surface area contributed by atoms with E-state index in [1.54, 1.807) is 12.1 Å². The molecule has 0 saturated carbocycles. The summed E-state index contributed by atoms with van der Waals surface area (Å²) >= 11 is 0. The maximum Gasteiger partial charge on any atom is 0.416 e. The zero-order valence-corrected chi connectivity index (χ0v) is 17.9. The van der Waals surface area contributed by atoms with Crippen LogP contribution in [0.3, 0.4) is 0 Å². The zero-order chi connectivity index (χ0) is 23.2. The van der Waals surface area contributed by atoms with Gasteiger partial charge in [0.05, 0.1) is 11.6 Å². The highest BCUT2D eigenvalue weighted by atomic mass is 19.4. The molecule has 2 heterocycles. The number of likely N-dealkylation sites (N-methyl/N-ethyl adjacent to an activating group) is 1. The van der Waals surface area contributed by atoms with Crippen LogP contribution in [0.5, 0.6) is 0 Å². The van der Waals surface area contributed by atoms with Crippen molar-refractivity contribution in [1.82, 2.24) is 9.88 Å². The zero-order valence-electron chi connectivity index (χ0n) is 17.9. The Balaban J connectivity index is 1.39. The molecule has 4 nitrogen and oxygen atoms in total. The fraction of sp³-hybridized carbons (Fsp3) is 0.192. The van der Waals surface area contributed by atoms with Crippen LogP contribution in [-0.2, 0) is 12.6 Å². The van der Waals surface area contributed by atoms with Crippen molar-refractivity contribution in [3.63, 3.8) is 0 Å². The number of aromatic nitrogens is 1. The minimum atomic E-state index is -4.49. The number of nitrogens with zero attached hydrogens (tertiary/aromatic N) is 1. The third-order valence-electron chi connectivity index (χ3n) is 6.21. The largest absolute Gasteiger partial charge is 0.416 e. The Labute approximate surface area is 189 Å². The summed E-state index contributed by atoms with van der Waals surface area (Å²) in [6, 6.07) is 20.2. The van der Waals surface area contributed by atoms with E-state index in [1.807, 2.05) is 24.3 Å². The first kappa shape index (κ1) is 21.3. The van der Waals surface area contributed by atoms with E-state index in [4.69, 9.17) is 0 Å². The summed E-state index contributed by atoms with van der Waals surface area (Å²) in [6.45, 7) is 0.924. The number of alkyl halides is 3. The van der Waals surface area contributed by atoms with E-state index in [-0.39, 0.29) is 11.6 Å². The first-order chi connectivity index (χ1) is 15.8. The Morgan fingerprint density at radius 3 is 2.55 bits per heavy atom. The summed E-state index contributed by atoms with van der Waals surface area (Å²) in [5.41, 5.74) is 4.33. The van der Waals surface area contributed by atoms with Gasteiger partial charge in [0, 0.05) is 34.4 Å². The second kappa shape index (κ2) is 8.08. The third-order valence-corrected chi connectivity index (χ3v) is 6.21. The molecule has 1 aromatic heterocycles. The van der Waals surface area contributed by atoms with Crippen molar-refractivity contribution in [2.24, 2.45) is 0 Å². The molecule has 7 heteroatoms. The van der Waals surface area contributed by atoms with Gasteiger partial charge in [-0.2, -0.15) is 13.2 Å². The number of hydrogen-bond donors (Lipinski definition) is 2. The Kier molecular flexibility index (Phi) is 5.21. The van der Waals surface area contributed by atoms with Crippen molar-refractivity contribution in [1.29, 1.82) is 0 Å². The van der Waals surface area contributed by atoms with Gasteiger partial charge < -0.3 is 10.3 Å². The van der Waals surface area contributed by atoms with E-state index in [1.165, 1.54) is 28.8 Å². The molecule has 3 aromatic carbocycles. The first-order valence-corrected chi connectivity index (χ1v) is 10.7. The predicted octanol–water partition coefficient (Wildman–Crippen LogP) is 6.02. The Morgan fingerprint density at radius 2 is 1.79 bits per heavy atom. The topological polar surface area (TPSA) is 48.1 Å². The molecule has 5 rings (SSSR count). The lowest BCUT2D eigenvalue weighted by Crippen LogP contribution is -2.32. The van der Waals surface area contributed by atoms with Crippen LogP contribution in [-0.4, -0.2) is 29.4 Å². The molecule has 1 unspecified atom stereocenters. The Hall–Kier alpha value is -3.58. The number of anilines is 1. The van der Waals surface area contributed by atoms with Crippen molar-refractivity contribution in [2.45, 2.75) is 18.6 Å². The summed E-state index contributed by atoms with van der Waals surface area (Å²) in [6.07, 6.45) is -3.52. The fourth-order valence-electron chi connectivity index (χ4n) is 4.57. The average Bonchev–Trinajstić information content (AvgIpc) is 3.18. The number of halogens is 3. The maximum atomic E-state index is 12.9. The van der Waals surface area contributed by atoms with Crippen LogP contribution in [0.15, 0.2) is 72.8 Å². The number of amides is 1. The van der Waals surface area contributed by atoms with Crippen molar-refractivity contribution >= 4 is 22.5 Å². The molecule has 0 aliphatic carbocycles. The fourth-order valence-corrected chi connectivity index (χ4v) is 4.57. The maximum absolute atomic E-state index is 12.9. The molecule has 1 amide bonds. The minimum Gasteiger partial charge on any atom is -0.357 e. The highest BCUT2D eigenvalue weighted by molar-refractivity contribution is 6.04. The van der Waals surface area contributed by atoms with Gasteiger partial charge in [0.25, 0.3) is 5.91 Å². The Bertz CT molecular complexity index is 1320. The smallest absolute Gasteiger partial charge is 0.357 e. The van der Waals surface area contributed by atoms with Crippen molar-refractivity contribution in [3.8, 4) is 0 Å². The number of aromatic amines is 1. The van der Waals surface area contributed by atoms with Crippen LogP contribution in [0.25, 0.3) is 10.9 Å². The molecule has 0 spiro atoms. The minimum absolute atomic E-state index is 0.0383. The average molecular weight is 449 g/mol.